The lowest BCUT2D eigenvalue weighted by Crippen LogP contribution is -2.28. The van der Waals surface area contributed by atoms with Gasteiger partial charge in [-0.1, -0.05) is 0 Å². The number of esters is 1. The maximum Gasteiger partial charge on any atom is 0.325 e. The Hall–Kier alpha value is -1.58. The van der Waals surface area contributed by atoms with E-state index in [-0.39, 0.29) is 12.5 Å². The van der Waals surface area contributed by atoms with E-state index in [4.69, 9.17) is 4.74 Å². The highest BCUT2D eigenvalue weighted by atomic mass is 16.6. The Morgan fingerprint density at radius 1 is 1.40 bits per heavy atom. The molecular formula is C11H16N2O2. The first-order chi connectivity index (χ1) is 6.97. The molecule has 15 heavy (non-hydrogen) atoms. The smallest absolute Gasteiger partial charge is 0.325 e. The molecule has 0 radical (unpaired) electrons. The van der Waals surface area contributed by atoms with Gasteiger partial charge in [0.05, 0.1) is 0 Å². The van der Waals surface area contributed by atoms with Crippen molar-refractivity contribution in [2.45, 2.75) is 26.4 Å². The summed E-state index contributed by atoms with van der Waals surface area (Å²) in [5.74, 6) is -0.265. The van der Waals surface area contributed by atoms with Gasteiger partial charge in [-0.25, -0.2) is 0 Å². The molecule has 0 unspecified atom stereocenters. The van der Waals surface area contributed by atoms with Gasteiger partial charge < -0.3 is 10.1 Å². The Morgan fingerprint density at radius 2 is 2.00 bits per heavy atom. The molecule has 82 valence electrons. The summed E-state index contributed by atoms with van der Waals surface area (Å²) in [5.41, 5.74) is 0.424. The van der Waals surface area contributed by atoms with Crippen molar-refractivity contribution in [1.29, 1.82) is 0 Å². The molecule has 0 bridgehead atoms. The molecule has 4 nitrogen and oxygen atoms in total. The number of pyridine rings is 1. The third kappa shape index (κ3) is 5.00. The van der Waals surface area contributed by atoms with Crippen LogP contribution in [0.3, 0.4) is 0 Å². The number of aromatic nitrogens is 1. The van der Waals surface area contributed by atoms with Crippen molar-refractivity contribution in [1.82, 2.24) is 4.98 Å². The Labute approximate surface area is 89.7 Å². The van der Waals surface area contributed by atoms with Gasteiger partial charge in [0, 0.05) is 18.1 Å². The highest BCUT2D eigenvalue weighted by Crippen LogP contribution is 2.08. The Morgan fingerprint density at radius 3 is 2.53 bits per heavy atom. The molecule has 1 N–H and O–H groups in total. The van der Waals surface area contributed by atoms with Crippen molar-refractivity contribution in [3.63, 3.8) is 0 Å². The minimum Gasteiger partial charge on any atom is -0.459 e. The number of hydrogen-bond donors (Lipinski definition) is 1. The van der Waals surface area contributed by atoms with Gasteiger partial charge in [-0.3, -0.25) is 9.78 Å². The molecule has 0 saturated heterocycles. The van der Waals surface area contributed by atoms with Crippen LogP contribution >= 0.6 is 0 Å². The van der Waals surface area contributed by atoms with Crippen molar-refractivity contribution >= 4 is 11.7 Å². The molecule has 1 rings (SSSR count). The summed E-state index contributed by atoms with van der Waals surface area (Å²) in [6.07, 6.45) is 3.33. The van der Waals surface area contributed by atoms with Gasteiger partial charge in [0.25, 0.3) is 0 Å². The Bertz CT molecular complexity index is 317. The summed E-state index contributed by atoms with van der Waals surface area (Å²) in [7, 11) is 0. The van der Waals surface area contributed by atoms with Crippen LogP contribution in [0.2, 0.25) is 0 Å². The average molecular weight is 208 g/mol. The van der Waals surface area contributed by atoms with Gasteiger partial charge >= 0.3 is 5.97 Å². The second-order valence-corrected chi connectivity index (χ2v) is 4.18. The van der Waals surface area contributed by atoms with Crippen molar-refractivity contribution in [2.75, 3.05) is 11.9 Å². The molecule has 1 aromatic heterocycles. The number of nitrogens with one attached hydrogen (secondary N) is 1. The summed E-state index contributed by atoms with van der Waals surface area (Å²) in [4.78, 5) is 15.2. The number of ether oxygens (including phenoxy) is 1. The summed E-state index contributed by atoms with van der Waals surface area (Å²) < 4.78 is 5.14. The Kier molecular flexibility index (Phi) is 3.66. The first kappa shape index (κ1) is 11.5. The van der Waals surface area contributed by atoms with E-state index in [1.54, 1.807) is 24.5 Å². The molecule has 0 aliphatic carbocycles. The first-order valence-electron chi connectivity index (χ1n) is 4.83. The van der Waals surface area contributed by atoms with Crippen LogP contribution in [0.25, 0.3) is 0 Å². The molecule has 0 aliphatic rings. The van der Waals surface area contributed by atoms with E-state index in [0.717, 1.165) is 5.69 Å². The molecule has 0 saturated carbocycles. The zero-order valence-electron chi connectivity index (χ0n) is 9.28. The fourth-order valence-corrected chi connectivity index (χ4v) is 1.02. The lowest BCUT2D eigenvalue weighted by Gasteiger charge is -2.19. The number of hydrogen-bond acceptors (Lipinski definition) is 4. The van der Waals surface area contributed by atoms with E-state index in [9.17, 15) is 4.79 Å². The van der Waals surface area contributed by atoms with Gasteiger partial charge in [-0.15, -0.1) is 0 Å². The van der Waals surface area contributed by atoms with E-state index in [0.29, 0.717) is 0 Å². The van der Waals surface area contributed by atoms with E-state index < -0.39 is 5.60 Å². The van der Waals surface area contributed by atoms with Gasteiger partial charge in [-0.2, -0.15) is 0 Å². The third-order valence-corrected chi connectivity index (χ3v) is 1.54. The molecule has 4 heteroatoms. The van der Waals surface area contributed by atoms with Gasteiger partial charge in [0.15, 0.2) is 0 Å². The molecule has 1 aromatic rings. The van der Waals surface area contributed by atoms with E-state index in [1.165, 1.54) is 0 Å². The number of carbonyl (C=O) groups excluding carboxylic acids is 1. The summed E-state index contributed by atoms with van der Waals surface area (Å²) in [6.45, 7) is 5.70. The van der Waals surface area contributed by atoms with Gasteiger partial charge in [-0.05, 0) is 32.9 Å². The summed E-state index contributed by atoms with van der Waals surface area (Å²) in [6, 6.07) is 3.59. The fourth-order valence-electron chi connectivity index (χ4n) is 1.02. The van der Waals surface area contributed by atoms with Crippen LogP contribution in [-0.4, -0.2) is 23.1 Å². The van der Waals surface area contributed by atoms with E-state index >= 15 is 0 Å². The number of nitrogens with zero attached hydrogens (tertiary/aromatic N) is 1. The number of carbonyl (C=O) groups is 1. The second-order valence-electron chi connectivity index (χ2n) is 4.18. The predicted octanol–water partition coefficient (Wildman–Crippen LogP) is 1.84. The molecule has 0 amide bonds. The lowest BCUT2D eigenvalue weighted by molar-refractivity contribution is -0.152. The maximum atomic E-state index is 11.3. The largest absolute Gasteiger partial charge is 0.459 e. The average Bonchev–Trinajstić information content (AvgIpc) is 2.14. The predicted molar refractivity (Wildman–Crippen MR) is 58.6 cm³/mol. The van der Waals surface area contributed by atoms with Crippen LogP contribution in [0.1, 0.15) is 20.8 Å². The van der Waals surface area contributed by atoms with Crippen molar-refractivity contribution in [2.24, 2.45) is 0 Å². The van der Waals surface area contributed by atoms with Crippen LogP contribution in [0, 0.1) is 0 Å². The van der Waals surface area contributed by atoms with Crippen LogP contribution in [0.15, 0.2) is 24.5 Å². The standard InChI is InChI=1S/C11H16N2O2/c1-11(2,3)15-10(14)8-13-9-4-6-12-7-5-9/h4-7H,8H2,1-3H3,(H,12,13). The molecule has 0 fully saturated rings. The van der Waals surface area contributed by atoms with Crippen molar-refractivity contribution < 1.29 is 9.53 Å². The zero-order chi connectivity index (χ0) is 11.3. The quantitative estimate of drug-likeness (QED) is 0.770. The normalized spacial score (nSPS) is 10.9. The Balaban J connectivity index is 2.35. The van der Waals surface area contributed by atoms with Crippen LogP contribution in [-0.2, 0) is 9.53 Å². The minimum atomic E-state index is -0.434. The van der Waals surface area contributed by atoms with Crippen LogP contribution in [0.5, 0.6) is 0 Å². The highest BCUT2D eigenvalue weighted by molar-refractivity contribution is 5.75. The van der Waals surface area contributed by atoms with Crippen molar-refractivity contribution in [3.8, 4) is 0 Å². The van der Waals surface area contributed by atoms with Gasteiger partial charge in [0.1, 0.15) is 12.1 Å². The number of anilines is 1. The SMILES string of the molecule is CC(C)(C)OC(=O)CNc1ccncc1. The third-order valence-electron chi connectivity index (χ3n) is 1.54. The molecule has 0 spiro atoms. The minimum absolute atomic E-state index is 0.168. The topological polar surface area (TPSA) is 51.2 Å². The molecule has 0 aromatic carbocycles. The monoisotopic (exact) mass is 208 g/mol. The van der Waals surface area contributed by atoms with E-state index in [2.05, 4.69) is 10.3 Å². The molecule has 0 atom stereocenters. The van der Waals surface area contributed by atoms with Crippen molar-refractivity contribution in [3.05, 3.63) is 24.5 Å². The maximum absolute atomic E-state index is 11.3. The second kappa shape index (κ2) is 4.77. The molecular weight excluding hydrogens is 192 g/mol. The highest BCUT2D eigenvalue weighted by Gasteiger charge is 2.15. The van der Waals surface area contributed by atoms with Crippen LogP contribution in [0.4, 0.5) is 5.69 Å². The molecule has 0 aliphatic heterocycles. The summed E-state index contributed by atoms with van der Waals surface area (Å²) >= 11 is 0. The van der Waals surface area contributed by atoms with E-state index in [1.807, 2.05) is 20.8 Å². The summed E-state index contributed by atoms with van der Waals surface area (Å²) in [5, 5.41) is 2.95. The fraction of sp³-hybridized carbons (Fsp3) is 0.455. The van der Waals surface area contributed by atoms with Crippen LogP contribution < -0.4 is 5.32 Å². The van der Waals surface area contributed by atoms with Gasteiger partial charge in [0.2, 0.25) is 0 Å². The number of rotatable bonds is 3. The zero-order valence-corrected chi connectivity index (χ0v) is 9.28. The molecule has 1 heterocycles. The lowest BCUT2D eigenvalue weighted by atomic mass is 10.2. The first-order valence-corrected chi connectivity index (χ1v) is 4.83.